The summed E-state index contributed by atoms with van der Waals surface area (Å²) >= 11 is 0. The molecule has 1 aliphatic heterocycles. The quantitative estimate of drug-likeness (QED) is 0.528. The Kier molecular flexibility index (Phi) is 3.45. The van der Waals surface area contributed by atoms with Crippen molar-refractivity contribution in [2.45, 2.75) is 18.4 Å². The highest BCUT2D eigenvalue weighted by Crippen LogP contribution is 2.54. The molecule has 1 N–H and O–H groups in total. The predicted molar refractivity (Wildman–Crippen MR) is 90.2 cm³/mol. The van der Waals surface area contributed by atoms with Gasteiger partial charge in [0.05, 0.1) is 35.0 Å². The van der Waals surface area contributed by atoms with Crippen LogP contribution < -0.4 is 10.1 Å². The third kappa shape index (κ3) is 2.14. The number of anilines is 1. The van der Waals surface area contributed by atoms with Crippen LogP contribution in [0, 0.1) is 16.0 Å². The van der Waals surface area contributed by atoms with E-state index in [0.717, 1.165) is 12.1 Å². The Balaban J connectivity index is 1.90. The zero-order valence-electron chi connectivity index (χ0n) is 13.2. The topological polar surface area (TPSA) is 77.3 Å². The van der Waals surface area contributed by atoms with Crippen molar-refractivity contribution in [3.8, 4) is 5.75 Å². The van der Waals surface area contributed by atoms with Crippen molar-refractivity contribution in [2.75, 3.05) is 12.4 Å². The summed E-state index contributed by atoms with van der Waals surface area (Å²) in [7, 11) is 1.58. The third-order valence-corrected chi connectivity index (χ3v) is 4.88. The lowest BCUT2D eigenvalue weighted by Gasteiger charge is -2.37. The molecule has 1 aromatic carbocycles. The zero-order valence-corrected chi connectivity index (χ0v) is 13.2. The van der Waals surface area contributed by atoms with E-state index in [9.17, 15) is 10.1 Å². The van der Waals surface area contributed by atoms with E-state index < -0.39 is 0 Å². The van der Waals surface area contributed by atoms with Gasteiger partial charge >= 0.3 is 0 Å². The molecule has 1 aromatic heterocycles. The number of allylic oxidation sites excluding steroid dienone is 2. The van der Waals surface area contributed by atoms with E-state index in [2.05, 4.69) is 22.5 Å². The number of hydrogen-bond acceptors (Lipinski definition) is 5. The molecule has 4 rings (SSSR count). The van der Waals surface area contributed by atoms with Gasteiger partial charge in [0.1, 0.15) is 5.75 Å². The number of nitro benzene ring substituents is 1. The van der Waals surface area contributed by atoms with Crippen LogP contribution in [-0.2, 0) is 0 Å². The van der Waals surface area contributed by atoms with Crippen molar-refractivity contribution >= 4 is 11.4 Å². The summed E-state index contributed by atoms with van der Waals surface area (Å²) in [6.07, 6.45) is 6.82. The molecule has 2 aromatic rings. The van der Waals surface area contributed by atoms with Crippen LogP contribution in [0.15, 0.2) is 48.7 Å². The highest BCUT2D eigenvalue weighted by molar-refractivity contribution is 5.73. The lowest BCUT2D eigenvalue weighted by Crippen LogP contribution is -2.30. The minimum atomic E-state index is -0.315. The summed E-state index contributed by atoms with van der Waals surface area (Å²) in [6.45, 7) is 0. The van der Waals surface area contributed by atoms with Crippen molar-refractivity contribution < 1.29 is 9.66 Å². The molecule has 0 fully saturated rings. The maximum Gasteiger partial charge on any atom is 0.275 e. The van der Waals surface area contributed by atoms with Gasteiger partial charge in [0.25, 0.3) is 5.69 Å². The predicted octanol–water partition coefficient (Wildman–Crippen LogP) is 3.82. The maximum absolute atomic E-state index is 11.5. The van der Waals surface area contributed by atoms with Gasteiger partial charge in [0.2, 0.25) is 0 Å². The molecule has 3 atom stereocenters. The lowest BCUT2D eigenvalue weighted by molar-refractivity contribution is -0.385. The van der Waals surface area contributed by atoms with Crippen LogP contribution in [0.4, 0.5) is 11.4 Å². The van der Waals surface area contributed by atoms with Gasteiger partial charge in [0, 0.05) is 18.2 Å². The van der Waals surface area contributed by atoms with Crippen LogP contribution in [0.1, 0.15) is 29.6 Å². The molecule has 0 amide bonds. The van der Waals surface area contributed by atoms with Gasteiger partial charge in [-0.3, -0.25) is 15.1 Å². The summed E-state index contributed by atoms with van der Waals surface area (Å²) in [4.78, 5) is 15.7. The molecule has 0 saturated heterocycles. The first-order valence-corrected chi connectivity index (χ1v) is 7.90. The normalized spacial score (nSPS) is 24.0. The highest BCUT2D eigenvalue weighted by Gasteiger charge is 2.43. The number of fused-ring (bicyclic) bond motifs is 3. The maximum atomic E-state index is 11.5. The van der Waals surface area contributed by atoms with Gasteiger partial charge in [-0.05, 0) is 30.5 Å². The second kappa shape index (κ2) is 5.63. The standard InChI is InChI=1S/C18H17N3O3/c1-24-15-9-8-14(21(22)23)16-11-5-4-6-12(11)17(20-18(15)16)13-7-2-3-10-19-13/h2-5,7-12,17,20H,6H2,1H3/t11-,12+,17+/m0/s1. The van der Waals surface area contributed by atoms with Gasteiger partial charge in [-0.15, -0.1) is 0 Å². The monoisotopic (exact) mass is 323 g/mol. The Bertz CT molecular complexity index is 820. The fourth-order valence-corrected chi connectivity index (χ4v) is 3.85. The van der Waals surface area contributed by atoms with Gasteiger partial charge in [-0.25, -0.2) is 0 Å². The molecule has 122 valence electrons. The van der Waals surface area contributed by atoms with Crippen molar-refractivity contribution in [1.29, 1.82) is 0 Å². The van der Waals surface area contributed by atoms with Gasteiger partial charge in [-0.2, -0.15) is 0 Å². The van der Waals surface area contributed by atoms with Crippen molar-refractivity contribution in [3.63, 3.8) is 0 Å². The van der Waals surface area contributed by atoms with Crippen LogP contribution in [0.2, 0.25) is 0 Å². The minimum Gasteiger partial charge on any atom is -0.495 e. The second-order valence-corrected chi connectivity index (χ2v) is 6.06. The minimum absolute atomic E-state index is 0.00500. The van der Waals surface area contributed by atoms with Gasteiger partial charge in [0.15, 0.2) is 0 Å². The average molecular weight is 323 g/mol. The Morgan fingerprint density at radius 1 is 1.33 bits per heavy atom. The molecule has 0 saturated carbocycles. The van der Waals surface area contributed by atoms with Crippen LogP contribution in [0.25, 0.3) is 0 Å². The Morgan fingerprint density at radius 2 is 2.21 bits per heavy atom. The van der Waals surface area contributed by atoms with Crippen LogP contribution in [0.3, 0.4) is 0 Å². The number of hydrogen-bond donors (Lipinski definition) is 1. The number of rotatable bonds is 3. The number of aromatic nitrogens is 1. The van der Waals surface area contributed by atoms with E-state index in [0.29, 0.717) is 17.0 Å². The smallest absolute Gasteiger partial charge is 0.275 e. The summed E-state index contributed by atoms with van der Waals surface area (Å²) in [5.41, 5.74) is 2.50. The van der Waals surface area contributed by atoms with E-state index in [1.165, 1.54) is 6.07 Å². The summed E-state index contributed by atoms with van der Waals surface area (Å²) < 4.78 is 5.45. The number of nitrogens with zero attached hydrogens (tertiary/aromatic N) is 2. The highest BCUT2D eigenvalue weighted by atomic mass is 16.6. The first-order chi connectivity index (χ1) is 11.7. The van der Waals surface area contributed by atoms with Gasteiger partial charge in [-0.1, -0.05) is 18.2 Å². The molecule has 2 aliphatic rings. The lowest BCUT2D eigenvalue weighted by atomic mass is 9.77. The number of nitro groups is 1. The molecule has 0 unspecified atom stereocenters. The van der Waals surface area contributed by atoms with E-state index in [1.54, 1.807) is 19.4 Å². The Hall–Kier alpha value is -2.89. The van der Waals surface area contributed by atoms with Crippen LogP contribution >= 0.6 is 0 Å². The molecular weight excluding hydrogens is 306 g/mol. The third-order valence-electron chi connectivity index (χ3n) is 4.88. The van der Waals surface area contributed by atoms with Gasteiger partial charge < -0.3 is 10.1 Å². The molecule has 1 aliphatic carbocycles. The number of nitrogens with one attached hydrogen (secondary N) is 1. The number of methoxy groups -OCH3 is 1. The van der Waals surface area contributed by atoms with Crippen LogP contribution in [-0.4, -0.2) is 17.0 Å². The fraction of sp³-hybridized carbons (Fsp3) is 0.278. The molecule has 0 spiro atoms. The first kappa shape index (κ1) is 14.7. The SMILES string of the molecule is COc1ccc([N+](=O)[O-])c2c1N[C@@H](c1ccccn1)[C@@H]1CC=C[C@H]21. The molecule has 2 heterocycles. The van der Waals surface area contributed by atoms with Crippen molar-refractivity contribution in [2.24, 2.45) is 5.92 Å². The summed E-state index contributed by atoms with van der Waals surface area (Å²) in [5.74, 6) is 0.817. The number of benzene rings is 1. The number of pyridine rings is 1. The fourth-order valence-electron chi connectivity index (χ4n) is 3.85. The number of ether oxygens (including phenoxy) is 1. The Labute approximate surface area is 139 Å². The zero-order chi connectivity index (χ0) is 16.7. The van der Waals surface area contributed by atoms with E-state index in [1.807, 2.05) is 18.2 Å². The second-order valence-electron chi connectivity index (χ2n) is 6.06. The molecular formula is C18H17N3O3. The van der Waals surface area contributed by atoms with Crippen LogP contribution in [0.5, 0.6) is 5.75 Å². The molecule has 24 heavy (non-hydrogen) atoms. The largest absolute Gasteiger partial charge is 0.495 e. The molecule has 6 nitrogen and oxygen atoms in total. The van der Waals surface area contributed by atoms with E-state index in [4.69, 9.17) is 4.74 Å². The summed E-state index contributed by atoms with van der Waals surface area (Å²) in [5, 5.41) is 15.0. The molecule has 0 bridgehead atoms. The van der Waals surface area contributed by atoms with E-state index >= 15 is 0 Å². The average Bonchev–Trinajstić information content (AvgIpc) is 3.10. The Morgan fingerprint density at radius 3 is 2.92 bits per heavy atom. The van der Waals surface area contributed by atoms with Crippen molar-refractivity contribution in [3.05, 3.63) is 70.1 Å². The first-order valence-electron chi connectivity index (χ1n) is 7.90. The van der Waals surface area contributed by atoms with Crippen molar-refractivity contribution in [1.82, 2.24) is 4.98 Å². The summed E-state index contributed by atoms with van der Waals surface area (Å²) in [6, 6.07) is 9.01. The molecule has 6 heteroatoms. The molecule has 0 radical (unpaired) electrons. The van der Waals surface area contributed by atoms with E-state index in [-0.39, 0.29) is 28.5 Å².